The van der Waals surface area contributed by atoms with E-state index in [0.717, 1.165) is 23.6 Å². The topological polar surface area (TPSA) is 29.3 Å². The van der Waals surface area contributed by atoms with E-state index in [1.54, 1.807) is 22.7 Å². The number of hydrogen-bond acceptors (Lipinski definition) is 4. The number of hydrogen-bond donors (Lipinski definition) is 1. The second-order valence-electron chi connectivity index (χ2n) is 4.82. The number of thiophene rings is 1. The van der Waals surface area contributed by atoms with Crippen molar-refractivity contribution >= 4 is 27.6 Å². The zero-order valence-electron chi connectivity index (χ0n) is 11.1. The van der Waals surface area contributed by atoms with E-state index >= 15 is 0 Å². The Morgan fingerprint density at radius 1 is 1.42 bits per heavy atom. The van der Waals surface area contributed by atoms with Gasteiger partial charge in [-0.2, -0.15) is 11.3 Å². The van der Waals surface area contributed by atoms with Gasteiger partial charge in [-0.05, 0) is 42.7 Å². The van der Waals surface area contributed by atoms with Crippen LogP contribution >= 0.6 is 22.7 Å². The van der Waals surface area contributed by atoms with E-state index in [4.69, 9.17) is 0 Å². The lowest BCUT2D eigenvalue weighted by Gasteiger charge is -2.13. The standard InChI is InChI=1S/C14H17N3S2/c1-10(7-12-3-5-18-9-12)15-8-13-11(2)16-14-17(13)4-6-19-14/h3-6,9-10,15H,7-8H2,1-2H3. The molecule has 0 aliphatic rings. The van der Waals surface area contributed by atoms with Gasteiger partial charge >= 0.3 is 0 Å². The van der Waals surface area contributed by atoms with Crippen molar-refractivity contribution < 1.29 is 0 Å². The number of nitrogens with zero attached hydrogens (tertiary/aromatic N) is 2. The Morgan fingerprint density at radius 3 is 3.11 bits per heavy atom. The van der Waals surface area contributed by atoms with Gasteiger partial charge in [0.2, 0.25) is 0 Å². The van der Waals surface area contributed by atoms with Crippen molar-refractivity contribution in [3.05, 3.63) is 45.4 Å². The average molecular weight is 291 g/mol. The normalized spacial score (nSPS) is 13.2. The summed E-state index contributed by atoms with van der Waals surface area (Å²) in [6, 6.07) is 2.67. The third-order valence-electron chi connectivity index (χ3n) is 3.30. The number of rotatable bonds is 5. The first-order valence-corrected chi connectivity index (χ1v) is 8.22. The Morgan fingerprint density at radius 2 is 2.32 bits per heavy atom. The molecule has 100 valence electrons. The number of fused-ring (bicyclic) bond motifs is 1. The van der Waals surface area contributed by atoms with E-state index < -0.39 is 0 Å². The minimum atomic E-state index is 0.471. The van der Waals surface area contributed by atoms with Crippen LogP contribution < -0.4 is 5.32 Å². The third-order valence-corrected chi connectivity index (χ3v) is 4.79. The first-order valence-electron chi connectivity index (χ1n) is 6.39. The molecule has 0 fully saturated rings. The molecule has 5 heteroatoms. The van der Waals surface area contributed by atoms with E-state index in [-0.39, 0.29) is 0 Å². The summed E-state index contributed by atoms with van der Waals surface area (Å²) in [5.41, 5.74) is 3.81. The molecule has 3 aromatic heterocycles. The van der Waals surface area contributed by atoms with Crippen molar-refractivity contribution in [3.63, 3.8) is 0 Å². The molecule has 19 heavy (non-hydrogen) atoms. The molecule has 0 aliphatic heterocycles. The highest BCUT2D eigenvalue weighted by Gasteiger charge is 2.11. The highest BCUT2D eigenvalue weighted by molar-refractivity contribution is 7.15. The Labute approximate surface area is 120 Å². The van der Waals surface area contributed by atoms with Gasteiger partial charge in [0.15, 0.2) is 4.96 Å². The van der Waals surface area contributed by atoms with Crippen LogP contribution in [0.2, 0.25) is 0 Å². The lowest BCUT2D eigenvalue weighted by atomic mass is 10.1. The molecule has 1 atom stereocenters. The summed E-state index contributed by atoms with van der Waals surface area (Å²) in [6.07, 6.45) is 3.18. The first kappa shape index (κ1) is 12.8. The molecule has 0 saturated carbocycles. The molecule has 0 aromatic carbocycles. The van der Waals surface area contributed by atoms with Crippen molar-refractivity contribution in [1.29, 1.82) is 0 Å². The van der Waals surface area contributed by atoms with Crippen LogP contribution in [0.25, 0.3) is 4.96 Å². The van der Waals surface area contributed by atoms with Crippen LogP contribution in [0.15, 0.2) is 28.4 Å². The summed E-state index contributed by atoms with van der Waals surface area (Å²) in [7, 11) is 0. The van der Waals surface area contributed by atoms with Crippen LogP contribution in [0, 0.1) is 6.92 Å². The van der Waals surface area contributed by atoms with Gasteiger partial charge in [0.1, 0.15) is 0 Å². The smallest absolute Gasteiger partial charge is 0.194 e. The predicted molar refractivity (Wildman–Crippen MR) is 82.1 cm³/mol. The van der Waals surface area contributed by atoms with Gasteiger partial charge in [-0.3, -0.25) is 4.40 Å². The van der Waals surface area contributed by atoms with Gasteiger partial charge in [0, 0.05) is 24.2 Å². The second kappa shape index (κ2) is 5.45. The van der Waals surface area contributed by atoms with Crippen LogP contribution in [0.3, 0.4) is 0 Å². The molecular weight excluding hydrogens is 274 g/mol. The van der Waals surface area contributed by atoms with Crippen molar-refractivity contribution in [2.45, 2.75) is 32.9 Å². The Bertz CT molecular complexity index is 651. The van der Waals surface area contributed by atoms with Gasteiger partial charge in [-0.25, -0.2) is 4.98 Å². The minimum absolute atomic E-state index is 0.471. The van der Waals surface area contributed by atoms with Crippen molar-refractivity contribution in [3.8, 4) is 0 Å². The minimum Gasteiger partial charge on any atom is -0.308 e. The predicted octanol–water partition coefficient (Wildman–Crippen LogP) is 3.49. The first-order chi connectivity index (χ1) is 9.24. The molecule has 0 aliphatic carbocycles. The summed E-state index contributed by atoms with van der Waals surface area (Å²) in [5.74, 6) is 0. The van der Waals surface area contributed by atoms with Gasteiger partial charge in [0.05, 0.1) is 11.4 Å². The zero-order valence-corrected chi connectivity index (χ0v) is 12.7. The van der Waals surface area contributed by atoms with E-state index in [0.29, 0.717) is 6.04 Å². The fourth-order valence-electron chi connectivity index (χ4n) is 2.26. The summed E-state index contributed by atoms with van der Waals surface area (Å²) in [5, 5.41) is 10.0. The molecule has 3 nitrogen and oxygen atoms in total. The monoisotopic (exact) mass is 291 g/mol. The average Bonchev–Trinajstić information content (AvgIpc) is 3.05. The Kier molecular flexibility index (Phi) is 3.68. The molecule has 0 bridgehead atoms. The fraction of sp³-hybridized carbons (Fsp3) is 0.357. The Hall–Kier alpha value is -1.17. The summed E-state index contributed by atoms with van der Waals surface area (Å²) in [6.45, 7) is 5.19. The maximum Gasteiger partial charge on any atom is 0.194 e. The van der Waals surface area contributed by atoms with Crippen LogP contribution in [-0.4, -0.2) is 15.4 Å². The summed E-state index contributed by atoms with van der Waals surface area (Å²) >= 11 is 3.45. The number of aromatic nitrogens is 2. The summed E-state index contributed by atoms with van der Waals surface area (Å²) in [4.78, 5) is 5.65. The van der Waals surface area contributed by atoms with E-state index in [1.807, 2.05) is 0 Å². The van der Waals surface area contributed by atoms with Gasteiger partial charge in [0.25, 0.3) is 0 Å². The van der Waals surface area contributed by atoms with Gasteiger partial charge in [-0.1, -0.05) is 0 Å². The molecule has 3 aromatic rings. The van der Waals surface area contributed by atoms with Crippen LogP contribution in [0.5, 0.6) is 0 Å². The maximum atomic E-state index is 4.57. The number of thiazole rings is 1. The quantitative estimate of drug-likeness (QED) is 0.780. The molecule has 3 rings (SSSR count). The van der Waals surface area contributed by atoms with E-state index in [1.165, 1.54) is 11.3 Å². The van der Waals surface area contributed by atoms with E-state index in [2.05, 4.69) is 57.0 Å². The molecule has 1 N–H and O–H groups in total. The third kappa shape index (κ3) is 2.73. The second-order valence-corrected chi connectivity index (χ2v) is 6.47. The van der Waals surface area contributed by atoms with Crippen molar-refractivity contribution in [1.82, 2.24) is 14.7 Å². The van der Waals surface area contributed by atoms with Gasteiger partial charge in [-0.15, -0.1) is 11.3 Å². The highest BCUT2D eigenvalue weighted by atomic mass is 32.1. The van der Waals surface area contributed by atoms with Crippen molar-refractivity contribution in [2.75, 3.05) is 0 Å². The zero-order chi connectivity index (χ0) is 13.2. The number of aryl methyl sites for hydroxylation is 1. The lowest BCUT2D eigenvalue weighted by Crippen LogP contribution is -2.28. The molecular formula is C14H17N3S2. The number of imidazole rings is 1. The summed E-state index contributed by atoms with van der Waals surface area (Å²) < 4.78 is 2.18. The van der Waals surface area contributed by atoms with Crippen LogP contribution in [0.4, 0.5) is 0 Å². The maximum absolute atomic E-state index is 4.57. The highest BCUT2D eigenvalue weighted by Crippen LogP contribution is 2.17. The van der Waals surface area contributed by atoms with Crippen molar-refractivity contribution in [2.24, 2.45) is 0 Å². The molecule has 0 radical (unpaired) electrons. The van der Waals surface area contributed by atoms with E-state index in [9.17, 15) is 0 Å². The SMILES string of the molecule is Cc1nc2sccn2c1CNC(C)Cc1ccsc1. The van der Waals surface area contributed by atoms with Crippen LogP contribution in [0.1, 0.15) is 23.9 Å². The largest absolute Gasteiger partial charge is 0.308 e. The molecule has 0 amide bonds. The fourth-order valence-corrected chi connectivity index (χ4v) is 3.72. The molecule has 0 spiro atoms. The molecule has 0 saturated heterocycles. The molecule has 3 heterocycles. The Balaban J connectivity index is 1.65. The van der Waals surface area contributed by atoms with Crippen LogP contribution in [-0.2, 0) is 13.0 Å². The lowest BCUT2D eigenvalue weighted by molar-refractivity contribution is 0.538. The number of nitrogens with one attached hydrogen (secondary N) is 1. The molecule has 1 unspecified atom stereocenters. The van der Waals surface area contributed by atoms with Gasteiger partial charge < -0.3 is 5.32 Å².